The molecule has 0 radical (unpaired) electrons. The van der Waals surface area contributed by atoms with Crippen molar-refractivity contribution in [2.45, 2.75) is 90.3 Å². The number of fused-ring (bicyclic) bond motifs is 4. The topological polar surface area (TPSA) is 49.6 Å². The Morgan fingerprint density at radius 1 is 1.20 bits per heavy atom. The first-order valence-electron chi connectivity index (χ1n) is 12.6. The lowest BCUT2D eigenvalue weighted by Gasteiger charge is -2.58. The molecule has 1 aliphatic heterocycles. The Hall–Kier alpha value is -0.870. The van der Waals surface area contributed by atoms with Gasteiger partial charge in [0, 0.05) is 25.7 Å². The van der Waals surface area contributed by atoms with E-state index < -0.39 is 6.04 Å². The largest absolute Gasteiger partial charge is 0.341 e. The summed E-state index contributed by atoms with van der Waals surface area (Å²) in [6.45, 7) is 8.21. The van der Waals surface area contributed by atoms with Gasteiger partial charge < -0.3 is 15.5 Å². The number of hydrogen-bond acceptors (Lipinski definition) is 3. The minimum atomic E-state index is -0.398. The molecule has 1 saturated heterocycles. The monoisotopic (exact) mass is 413 g/mol. The van der Waals surface area contributed by atoms with Gasteiger partial charge in [0.1, 0.15) is 0 Å². The predicted octanol–water partition coefficient (Wildman–Crippen LogP) is 4.05. The van der Waals surface area contributed by atoms with E-state index in [4.69, 9.17) is 5.73 Å². The molecule has 4 aliphatic carbocycles. The summed E-state index contributed by atoms with van der Waals surface area (Å²) in [7, 11) is 4.33. The number of likely N-dealkylation sites (N-methyl/N-ethyl adjacent to an activating group) is 1. The number of allylic oxidation sites excluding steroid dienone is 1. The lowest BCUT2D eigenvalue weighted by atomic mass is 9.47. The van der Waals surface area contributed by atoms with E-state index >= 15 is 0 Å². The Morgan fingerprint density at radius 3 is 2.67 bits per heavy atom. The highest BCUT2D eigenvalue weighted by molar-refractivity contribution is 5.81. The number of amides is 1. The molecule has 4 nitrogen and oxygen atoms in total. The van der Waals surface area contributed by atoms with Crippen molar-refractivity contribution in [2.24, 2.45) is 40.2 Å². The summed E-state index contributed by atoms with van der Waals surface area (Å²) >= 11 is 0. The summed E-state index contributed by atoms with van der Waals surface area (Å²) in [6, 6.07) is 0.699. The molecule has 1 amide bonds. The molecule has 4 fully saturated rings. The van der Waals surface area contributed by atoms with Crippen LogP contribution >= 0.6 is 0 Å². The highest BCUT2D eigenvalue weighted by Crippen LogP contribution is 2.68. The third-order valence-corrected chi connectivity index (χ3v) is 11.0. The van der Waals surface area contributed by atoms with Gasteiger partial charge in [-0.15, -0.1) is 0 Å². The number of carbonyl (C=O) groups excluding carboxylic acids is 1. The molecule has 168 valence electrons. The smallest absolute Gasteiger partial charge is 0.239 e. The first-order valence-corrected chi connectivity index (χ1v) is 12.6. The van der Waals surface area contributed by atoms with Gasteiger partial charge >= 0.3 is 0 Å². The lowest BCUT2D eigenvalue weighted by Crippen LogP contribution is -2.53. The molecule has 5 rings (SSSR count). The van der Waals surface area contributed by atoms with Gasteiger partial charge in [0.15, 0.2) is 0 Å². The van der Waals surface area contributed by atoms with E-state index in [0.717, 1.165) is 42.6 Å². The van der Waals surface area contributed by atoms with Crippen molar-refractivity contribution < 1.29 is 4.79 Å². The molecular formula is C26H43N3O. The Bertz CT molecular complexity index is 747. The van der Waals surface area contributed by atoms with Crippen LogP contribution in [0.2, 0.25) is 0 Å². The van der Waals surface area contributed by atoms with Crippen LogP contribution in [0.25, 0.3) is 0 Å². The van der Waals surface area contributed by atoms with Crippen LogP contribution in [0.1, 0.15) is 72.1 Å². The molecule has 0 aromatic heterocycles. The van der Waals surface area contributed by atoms with E-state index in [-0.39, 0.29) is 5.91 Å². The molecule has 2 N–H and O–H groups in total. The summed E-state index contributed by atoms with van der Waals surface area (Å²) in [6.07, 6.45) is 13.1. The molecule has 1 spiro atoms. The third-order valence-electron chi connectivity index (χ3n) is 11.0. The summed E-state index contributed by atoms with van der Waals surface area (Å²) in [5.41, 5.74) is 8.51. The van der Waals surface area contributed by atoms with Crippen molar-refractivity contribution in [3.05, 3.63) is 11.6 Å². The van der Waals surface area contributed by atoms with Crippen LogP contribution in [-0.4, -0.2) is 54.5 Å². The van der Waals surface area contributed by atoms with Crippen LogP contribution in [0.5, 0.6) is 0 Å². The standard InChI is InChI=1S/C26H43N3O/c1-16(27)24(30)29(5)19-10-12-25(3)18(14-19)6-7-20-22(25)11-13-26-15-28(4)17(2)21(26)8-9-23(20)26/h6,16-17,19-23H,7-15,27H2,1-5H3/t16-,17+,19+,20-,21?,22?,23?,25+,26+/m1/s1. The Kier molecular flexibility index (Phi) is 4.95. The minimum Gasteiger partial charge on any atom is -0.341 e. The zero-order chi connectivity index (χ0) is 21.4. The van der Waals surface area contributed by atoms with Crippen molar-refractivity contribution in [2.75, 3.05) is 20.6 Å². The lowest BCUT2D eigenvalue weighted by molar-refractivity contribution is -0.134. The molecule has 1 heterocycles. The van der Waals surface area contributed by atoms with Gasteiger partial charge in [-0.25, -0.2) is 0 Å². The zero-order valence-electron chi connectivity index (χ0n) is 19.9. The van der Waals surface area contributed by atoms with Gasteiger partial charge in [-0.1, -0.05) is 18.6 Å². The van der Waals surface area contributed by atoms with Crippen LogP contribution in [-0.2, 0) is 4.79 Å². The molecule has 4 heteroatoms. The molecule has 9 atom stereocenters. The van der Waals surface area contributed by atoms with Gasteiger partial charge in [0.25, 0.3) is 0 Å². The van der Waals surface area contributed by atoms with Crippen molar-refractivity contribution in [3.63, 3.8) is 0 Å². The maximum Gasteiger partial charge on any atom is 0.239 e. The first-order chi connectivity index (χ1) is 14.2. The fourth-order valence-electron chi connectivity index (χ4n) is 9.28. The molecule has 0 aromatic carbocycles. The van der Waals surface area contributed by atoms with Gasteiger partial charge in [-0.3, -0.25) is 4.79 Å². The number of hydrogen-bond donors (Lipinski definition) is 1. The second kappa shape index (κ2) is 7.07. The molecule has 0 aromatic rings. The highest BCUT2D eigenvalue weighted by Gasteiger charge is 2.64. The van der Waals surface area contributed by atoms with E-state index in [1.54, 1.807) is 5.57 Å². The van der Waals surface area contributed by atoms with E-state index in [0.29, 0.717) is 16.9 Å². The Morgan fingerprint density at radius 2 is 1.93 bits per heavy atom. The molecular weight excluding hydrogens is 370 g/mol. The van der Waals surface area contributed by atoms with Crippen LogP contribution in [0, 0.1) is 34.5 Å². The van der Waals surface area contributed by atoms with E-state index in [9.17, 15) is 4.79 Å². The summed E-state index contributed by atoms with van der Waals surface area (Å²) in [4.78, 5) is 17.1. The Balaban J connectivity index is 1.38. The van der Waals surface area contributed by atoms with Crippen LogP contribution in [0.4, 0.5) is 0 Å². The molecule has 3 unspecified atom stereocenters. The van der Waals surface area contributed by atoms with Crippen LogP contribution in [0.3, 0.4) is 0 Å². The van der Waals surface area contributed by atoms with Gasteiger partial charge in [0.2, 0.25) is 5.91 Å². The third kappa shape index (κ3) is 2.75. The zero-order valence-corrected chi connectivity index (χ0v) is 19.9. The predicted molar refractivity (Wildman–Crippen MR) is 122 cm³/mol. The van der Waals surface area contributed by atoms with Crippen molar-refractivity contribution in [3.8, 4) is 0 Å². The van der Waals surface area contributed by atoms with Crippen molar-refractivity contribution >= 4 is 5.91 Å². The average molecular weight is 414 g/mol. The quantitative estimate of drug-likeness (QED) is 0.695. The second-order valence-corrected chi connectivity index (χ2v) is 12.0. The summed E-state index contributed by atoms with van der Waals surface area (Å²) in [5, 5.41) is 0. The number of nitrogens with two attached hydrogens (primary N) is 1. The molecule has 0 bridgehead atoms. The minimum absolute atomic E-state index is 0.0916. The maximum absolute atomic E-state index is 12.5. The number of nitrogens with zero attached hydrogens (tertiary/aromatic N) is 2. The molecule has 30 heavy (non-hydrogen) atoms. The van der Waals surface area contributed by atoms with Gasteiger partial charge in [-0.05, 0) is 107 Å². The number of rotatable bonds is 2. The van der Waals surface area contributed by atoms with E-state index in [1.165, 1.54) is 45.1 Å². The Labute approximate surface area is 183 Å². The second-order valence-electron chi connectivity index (χ2n) is 12.0. The number of likely N-dealkylation sites (tertiary alicyclic amines) is 1. The van der Waals surface area contributed by atoms with E-state index in [1.807, 2.05) is 18.9 Å². The average Bonchev–Trinajstić information content (AvgIpc) is 3.20. The summed E-state index contributed by atoms with van der Waals surface area (Å²) < 4.78 is 0. The van der Waals surface area contributed by atoms with E-state index in [2.05, 4.69) is 31.9 Å². The van der Waals surface area contributed by atoms with Crippen LogP contribution < -0.4 is 5.73 Å². The summed E-state index contributed by atoms with van der Waals surface area (Å²) in [5.74, 6) is 3.69. The molecule has 5 aliphatic rings. The fraction of sp³-hybridized carbons (Fsp3) is 0.885. The normalized spacial score (nSPS) is 48.8. The fourth-order valence-corrected chi connectivity index (χ4v) is 9.28. The van der Waals surface area contributed by atoms with Crippen LogP contribution in [0.15, 0.2) is 11.6 Å². The van der Waals surface area contributed by atoms with Gasteiger partial charge in [0.05, 0.1) is 6.04 Å². The maximum atomic E-state index is 12.5. The SMILES string of the molecule is C[C@@H](N)C(=O)N(C)[C@H]1CC[C@@]2(C)C(=CC[C@H]3C4CCC5[C@H](C)N(C)C[C@]45CCC32)C1. The van der Waals surface area contributed by atoms with Crippen molar-refractivity contribution in [1.82, 2.24) is 9.80 Å². The first kappa shape index (κ1) is 21.0. The van der Waals surface area contributed by atoms with Crippen molar-refractivity contribution in [1.29, 1.82) is 0 Å². The number of carbonyl (C=O) groups is 1. The molecule has 3 saturated carbocycles. The van der Waals surface area contributed by atoms with Gasteiger partial charge in [-0.2, -0.15) is 0 Å². The highest BCUT2D eigenvalue weighted by atomic mass is 16.2.